The third-order valence-electron chi connectivity index (χ3n) is 12.1. The normalized spacial score (nSPS) is 16.7. The van der Waals surface area contributed by atoms with Gasteiger partial charge in [-0.1, -0.05) is 100 Å². The first-order valence-corrected chi connectivity index (χ1v) is 18.2. The number of hydrogen-bond donors (Lipinski definition) is 0. The summed E-state index contributed by atoms with van der Waals surface area (Å²) in [5, 5.41) is 3.32. The van der Waals surface area contributed by atoms with E-state index in [1.54, 1.807) is 0 Å². The smallest absolute Gasteiger partial charge is 0.297 e. The summed E-state index contributed by atoms with van der Waals surface area (Å²) in [5.41, 5.74) is 16.1. The highest BCUT2D eigenvalue weighted by Crippen LogP contribution is 2.51. The van der Waals surface area contributed by atoms with E-state index in [0.717, 1.165) is 55.6 Å². The lowest BCUT2D eigenvalue weighted by atomic mass is 9.35. The molecule has 0 saturated heterocycles. The fourth-order valence-corrected chi connectivity index (χ4v) is 9.47. The molecule has 0 bridgehead atoms. The van der Waals surface area contributed by atoms with E-state index in [9.17, 15) is 0 Å². The van der Waals surface area contributed by atoms with Crippen LogP contribution in [0.15, 0.2) is 136 Å². The van der Waals surface area contributed by atoms with Crippen molar-refractivity contribution in [1.29, 1.82) is 0 Å². The number of hydrogen-bond acceptors (Lipinski definition) is 4. The number of para-hydroxylation sites is 4. The summed E-state index contributed by atoms with van der Waals surface area (Å²) in [5.74, 6) is 0. The van der Waals surface area contributed by atoms with Gasteiger partial charge < -0.3 is 18.6 Å². The summed E-state index contributed by atoms with van der Waals surface area (Å²) in [6.45, 7) is 9.54. The van der Waals surface area contributed by atoms with Crippen molar-refractivity contribution in [2.45, 2.75) is 51.4 Å². The van der Waals surface area contributed by atoms with Crippen LogP contribution in [0.1, 0.15) is 51.7 Å². The average molecular weight is 661 g/mol. The number of nitrogens with zero attached hydrogens (tertiary/aromatic N) is 2. The van der Waals surface area contributed by atoms with E-state index in [1.807, 2.05) is 6.07 Å². The summed E-state index contributed by atoms with van der Waals surface area (Å²) in [6.07, 6.45) is 2.37. The van der Waals surface area contributed by atoms with Gasteiger partial charge in [-0.15, -0.1) is 0 Å². The van der Waals surface area contributed by atoms with Crippen molar-refractivity contribution in [3.05, 3.63) is 139 Å². The molecule has 3 aliphatic rings. The highest BCUT2D eigenvalue weighted by atomic mass is 16.3. The van der Waals surface area contributed by atoms with Gasteiger partial charge in [-0.05, 0) is 100 Å². The van der Waals surface area contributed by atoms with Crippen LogP contribution in [-0.4, -0.2) is 6.71 Å². The number of furan rings is 2. The Morgan fingerprint density at radius 1 is 0.529 bits per heavy atom. The van der Waals surface area contributed by atoms with Gasteiger partial charge >= 0.3 is 0 Å². The van der Waals surface area contributed by atoms with Gasteiger partial charge in [-0.3, -0.25) is 0 Å². The van der Waals surface area contributed by atoms with Gasteiger partial charge in [0.2, 0.25) is 0 Å². The van der Waals surface area contributed by atoms with Gasteiger partial charge in [-0.2, -0.15) is 0 Å². The zero-order valence-corrected chi connectivity index (χ0v) is 29.3. The van der Waals surface area contributed by atoms with E-state index in [0.29, 0.717) is 0 Å². The molecule has 1 aliphatic carbocycles. The van der Waals surface area contributed by atoms with Gasteiger partial charge in [-0.25, -0.2) is 0 Å². The minimum atomic E-state index is -0.0785. The zero-order valence-electron chi connectivity index (χ0n) is 29.3. The quantitative estimate of drug-likeness (QED) is 0.173. The van der Waals surface area contributed by atoms with Crippen molar-refractivity contribution in [3.63, 3.8) is 0 Å². The molecule has 0 saturated carbocycles. The van der Waals surface area contributed by atoms with Crippen LogP contribution in [0.25, 0.3) is 32.9 Å². The molecule has 0 spiro atoms. The molecule has 8 aromatic rings. The molecule has 0 unspecified atom stereocenters. The minimum Gasteiger partial charge on any atom is -0.468 e. The van der Waals surface area contributed by atoms with Crippen LogP contribution in [0.2, 0.25) is 0 Å². The third kappa shape index (κ3) is 3.87. The van der Waals surface area contributed by atoms with Crippen molar-refractivity contribution in [3.8, 4) is 0 Å². The monoisotopic (exact) mass is 660 g/mol. The van der Waals surface area contributed by atoms with Crippen molar-refractivity contribution in [2.24, 2.45) is 0 Å². The molecule has 0 radical (unpaired) electrons. The second-order valence-electron chi connectivity index (χ2n) is 15.9. The Hall–Kier alpha value is -5.68. The molecule has 2 aromatic heterocycles. The van der Waals surface area contributed by atoms with Crippen LogP contribution < -0.4 is 26.4 Å². The molecule has 0 fully saturated rings. The standard InChI is InChI=1S/C46H37BN2O2/c1-45(2)25-26-46(3,4)33-27-28(23-24-32(33)45)48-35-17-8-7-16-34(35)47-41-36(48)18-12-19-37(41)49(42-31-14-6-10-22-40(31)51-44(42)47)38-20-11-15-30-29-13-5-9-21-39(29)50-43(30)38/h5-24,27H,25-26H2,1-4H3. The topological polar surface area (TPSA) is 32.8 Å². The Kier molecular flexibility index (Phi) is 5.69. The number of rotatable bonds is 2. The number of benzene rings is 6. The predicted molar refractivity (Wildman–Crippen MR) is 213 cm³/mol. The maximum Gasteiger partial charge on any atom is 0.297 e. The first-order valence-electron chi connectivity index (χ1n) is 18.2. The summed E-state index contributed by atoms with van der Waals surface area (Å²) in [6, 6.07) is 46.3. The van der Waals surface area contributed by atoms with Crippen LogP contribution in [0, 0.1) is 0 Å². The molecule has 4 heterocycles. The van der Waals surface area contributed by atoms with Gasteiger partial charge in [0, 0.05) is 38.9 Å². The van der Waals surface area contributed by atoms with E-state index in [2.05, 4.69) is 159 Å². The first-order chi connectivity index (χ1) is 24.8. The molecule has 246 valence electrons. The van der Waals surface area contributed by atoms with Crippen molar-refractivity contribution < 1.29 is 8.83 Å². The SMILES string of the molecule is CC1(C)CCC(C)(C)c2cc(N3c4ccccc4B4c5oc6ccccc6c5N(c5cccc6c5oc5ccccc56)c5cccc3c54)ccc21. The molecule has 11 rings (SSSR count). The molecule has 0 amide bonds. The molecular formula is C46H37BN2O2. The highest BCUT2D eigenvalue weighted by molar-refractivity contribution is 7.00. The van der Waals surface area contributed by atoms with Crippen LogP contribution in [0.4, 0.5) is 34.1 Å². The van der Waals surface area contributed by atoms with Crippen LogP contribution in [0.3, 0.4) is 0 Å². The number of anilines is 6. The zero-order chi connectivity index (χ0) is 34.2. The largest absolute Gasteiger partial charge is 0.468 e. The van der Waals surface area contributed by atoms with E-state index < -0.39 is 0 Å². The van der Waals surface area contributed by atoms with Gasteiger partial charge in [0.15, 0.2) is 5.58 Å². The average Bonchev–Trinajstić information content (AvgIpc) is 3.73. The lowest BCUT2D eigenvalue weighted by Crippen LogP contribution is -2.60. The van der Waals surface area contributed by atoms with E-state index in [-0.39, 0.29) is 17.5 Å². The number of fused-ring (bicyclic) bond motifs is 10. The molecule has 0 atom stereocenters. The van der Waals surface area contributed by atoms with Crippen molar-refractivity contribution in [2.75, 3.05) is 9.80 Å². The summed E-state index contributed by atoms with van der Waals surface area (Å²) < 4.78 is 13.7. The third-order valence-corrected chi connectivity index (χ3v) is 12.1. The summed E-state index contributed by atoms with van der Waals surface area (Å²) in [4.78, 5) is 4.90. The Morgan fingerprint density at radius 2 is 1.14 bits per heavy atom. The fourth-order valence-electron chi connectivity index (χ4n) is 9.47. The van der Waals surface area contributed by atoms with Gasteiger partial charge in [0.1, 0.15) is 11.2 Å². The predicted octanol–water partition coefficient (Wildman–Crippen LogP) is 10.8. The Balaban J connectivity index is 1.22. The fraction of sp³-hybridized carbons (Fsp3) is 0.174. The molecule has 51 heavy (non-hydrogen) atoms. The Morgan fingerprint density at radius 3 is 1.96 bits per heavy atom. The van der Waals surface area contributed by atoms with E-state index in [4.69, 9.17) is 8.83 Å². The first kappa shape index (κ1) is 29.1. The van der Waals surface area contributed by atoms with Crippen molar-refractivity contribution in [1.82, 2.24) is 0 Å². The molecule has 2 aliphatic heterocycles. The van der Waals surface area contributed by atoms with Crippen molar-refractivity contribution >= 4 is 90.3 Å². The lowest BCUT2D eigenvalue weighted by Gasteiger charge is -2.44. The molecule has 5 heteroatoms. The highest BCUT2D eigenvalue weighted by Gasteiger charge is 2.47. The van der Waals surface area contributed by atoms with Gasteiger partial charge in [0.25, 0.3) is 6.71 Å². The summed E-state index contributed by atoms with van der Waals surface area (Å²) >= 11 is 0. The van der Waals surface area contributed by atoms with Gasteiger partial charge in [0.05, 0.1) is 17.0 Å². The minimum absolute atomic E-state index is 0.0785. The summed E-state index contributed by atoms with van der Waals surface area (Å²) in [7, 11) is 0. The lowest BCUT2D eigenvalue weighted by molar-refractivity contribution is 0.332. The Bertz CT molecular complexity index is 2750. The van der Waals surface area contributed by atoms with E-state index in [1.165, 1.54) is 52.0 Å². The maximum absolute atomic E-state index is 6.99. The second-order valence-corrected chi connectivity index (χ2v) is 15.9. The van der Waals surface area contributed by atoms with E-state index >= 15 is 0 Å². The molecule has 0 N–H and O–H groups in total. The second kappa shape index (κ2) is 9.98. The van der Waals surface area contributed by atoms with Crippen LogP contribution >= 0.6 is 0 Å². The molecular weight excluding hydrogens is 623 g/mol. The Labute approximate surface area is 298 Å². The van der Waals surface area contributed by atoms with Crippen LogP contribution in [0.5, 0.6) is 0 Å². The van der Waals surface area contributed by atoms with Crippen LogP contribution in [-0.2, 0) is 10.8 Å². The molecule has 6 aromatic carbocycles. The molecule has 4 nitrogen and oxygen atoms in total. The maximum atomic E-state index is 6.99.